The standard InChI is InChI=1S/C15H30O3/c1-10-13(4,5)12(16)18-15(8,9)14(6,7)17-11(2)3/h11H,10H2,1-9H3. The predicted octanol–water partition coefficient (Wildman–Crippen LogP) is 3.95. The first-order chi connectivity index (χ1) is 7.85. The van der Waals surface area contributed by atoms with Crippen molar-refractivity contribution in [3.63, 3.8) is 0 Å². The highest BCUT2D eigenvalue weighted by atomic mass is 16.6. The second-order valence-corrected chi connectivity index (χ2v) is 6.81. The maximum absolute atomic E-state index is 12.2. The molecular weight excluding hydrogens is 228 g/mol. The van der Waals surface area contributed by atoms with Gasteiger partial charge >= 0.3 is 5.97 Å². The minimum absolute atomic E-state index is 0.0946. The Morgan fingerprint density at radius 2 is 1.44 bits per heavy atom. The highest BCUT2D eigenvalue weighted by Crippen LogP contribution is 2.33. The zero-order valence-electron chi connectivity index (χ0n) is 13.5. The first kappa shape index (κ1) is 17.4. The fourth-order valence-electron chi connectivity index (χ4n) is 1.37. The highest BCUT2D eigenvalue weighted by molar-refractivity contribution is 5.76. The van der Waals surface area contributed by atoms with Gasteiger partial charge in [-0.1, -0.05) is 6.92 Å². The highest BCUT2D eigenvalue weighted by Gasteiger charge is 2.44. The number of rotatable bonds is 6. The van der Waals surface area contributed by atoms with Gasteiger partial charge in [0.1, 0.15) is 11.2 Å². The molecular formula is C15H30O3. The minimum atomic E-state index is -0.666. The van der Waals surface area contributed by atoms with E-state index in [2.05, 4.69) is 0 Å². The van der Waals surface area contributed by atoms with Crippen molar-refractivity contribution >= 4 is 5.97 Å². The molecule has 0 aromatic rings. The van der Waals surface area contributed by atoms with Gasteiger partial charge < -0.3 is 9.47 Å². The fourth-order valence-corrected chi connectivity index (χ4v) is 1.37. The smallest absolute Gasteiger partial charge is 0.312 e. The number of carbonyl (C=O) groups excluding carboxylic acids is 1. The molecule has 0 saturated heterocycles. The van der Waals surface area contributed by atoms with Gasteiger partial charge in [0, 0.05) is 0 Å². The van der Waals surface area contributed by atoms with Crippen molar-refractivity contribution in [2.45, 2.75) is 86.0 Å². The third-order valence-electron chi connectivity index (χ3n) is 3.76. The van der Waals surface area contributed by atoms with Crippen LogP contribution in [-0.4, -0.2) is 23.3 Å². The van der Waals surface area contributed by atoms with E-state index in [-0.39, 0.29) is 12.1 Å². The SMILES string of the molecule is CCC(C)(C)C(=O)OC(C)(C)C(C)(C)OC(C)C. The molecule has 0 rings (SSSR count). The lowest BCUT2D eigenvalue weighted by atomic mass is 9.86. The summed E-state index contributed by atoms with van der Waals surface area (Å²) in [5.74, 6) is -0.171. The van der Waals surface area contributed by atoms with Crippen LogP contribution in [-0.2, 0) is 14.3 Å². The molecule has 0 unspecified atom stereocenters. The Morgan fingerprint density at radius 1 is 1.00 bits per heavy atom. The summed E-state index contributed by atoms with van der Waals surface area (Å²) in [6, 6.07) is 0. The van der Waals surface area contributed by atoms with Gasteiger partial charge in [-0.05, 0) is 61.8 Å². The van der Waals surface area contributed by atoms with Gasteiger partial charge in [-0.25, -0.2) is 0 Å². The van der Waals surface area contributed by atoms with E-state index in [4.69, 9.17) is 9.47 Å². The van der Waals surface area contributed by atoms with Gasteiger partial charge in [0.25, 0.3) is 0 Å². The summed E-state index contributed by atoms with van der Waals surface area (Å²) in [6.07, 6.45) is 0.852. The van der Waals surface area contributed by atoms with Crippen LogP contribution in [0.4, 0.5) is 0 Å². The Kier molecular flexibility index (Phi) is 5.42. The molecule has 0 radical (unpaired) electrons. The Labute approximate surface area is 112 Å². The quantitative estimate of drug-likeness (QED) is 0.677. The predicted molar refractivity (Wildman–Crippen MR) is 74.5 cm³/mol. The normalized spacial score (nSPS) is 13.9. The van der Waals surface area contributed by atoms with Crippen LogP contribution < -0.4 is 0 Å². The van der Waals surface area contributed by atoms with Crippen LogP contribution >= 0.6 is 0 Å². The van der Waals surface area contributed by atoms with Crippen molar-refractivity contribution < 1.29 is 14.3 Å². The first-order valence-electron chi connectivity index (χ1n) is 6.77. The molecule has 0 aliphatic heterocycles. The maximum atomic E-state index is 12.2. The molecule has 3 heteroatoms. The van der Waals surface area contributed by atoms with Gasteiger partial charge in [-0.2, -0.15) is 0 Å². The molecule has 0 aliphatic rings. The van der Waals surface area contributed by atoms with Crippen LogP contribution in [0.2, 0.25) is 0 Å². The molecule has 3 nitrogen and oxygen atoms in total. The number of carbonyl (C=O) groups is 1. The van der Waals surface area contributed by atoms with Crippen LogP contribution in [0.1, 0.15) is 68.7 Å². The van der Waals surface area contributed by atoms with Gasteiger partial charge in [0.05, 0.1) is 11.5 Å². The molecule has 0 aliphatic carbocycles. The van der Waals surface area contributed by atoms with E-state index in [1.165, 1.54) is 0 Å². The summed E-state index contributed by atoms with van der Waals surface area (Å²) in [5, 5.41) is 0. The summed E-state index contributed by atoms with van der Waals surface area (Å²) in [4.78, 5) is 12.2. The Balaban J connectivity index is 4.90. The van der Waals surface area contributed by atoms with Crippen molar-refractivity contribution in [2.75, 3.05) is 0 Å². The molecule has 0 N–H and O–H groups in total. The lowest BCUT2D eigenvalue weighted by Crippen LogP contribution is -2.52. The molecule has 0 saturated carbocycles. The number of esters is 1. The fraction of sp³-hybridized carbons (Fsp3) is 0.933. The number of hydrogen-bond donors (Lipinski definition) is 0. The summed E-state index contributed by atoms with van der Waals surface area (Å²) in [6.45, 7) is 17.5. The Morgan fingerprint density at radius 3 is 1.78 bits per heavy atom. The molecule has 0 fully saturated rings. The molecule has 0 amide bonds. The summed E-state index contributed by atoms with van der Waals surface area (Å²) in [5.41, 5.74) is -1.65. The number of hydrogen-bond acceptors (Lipinski definition) is 3. The molecule has 0 heterocycles. The minimum Gasteiger partial charge on any atom is -0.456 e. The van der Waals surface area contributed by atoms with Crippen LogP contribution in [0, 0.1) is 5.41 Å². The summed E-state index contributed by atoms with van der Waals surface area (Å²) in [7, 11) is 0. The van der Waals surface area contributed by atoms with Crippen molar-refractivity contribution in [1.29, 1.82) is 0 Å². The molecule has 0 bridgehead atoms. The average Bonchev–Trinajstić information content (AvgIpc) is 2.14. The van der Waals surface area contributed by atoms with Crippen molar-refractivity contribution in [1.82, 2.24) is 0 Å². The molecule has 108 valence electrons. The zero-order chi connectivity index (χ0) is 14.8. The van der Waals surface area contributed by atoms with Gasteiger partial charge in [0.2, 0.25) is 0 Å². The van der Waals surface area contributed by atoms with Crippen LogP contribution in [0.25, 0.3) is 0 Å². The van der Waals surface area contributed by atoms with E-state index in [1.807, 2.05) is 62.3 Å². The second-order valence-electron chi connectivity index (χ2n) is 6.81. The van der Waals surface area contributed by atoms with Gasteiger partial charge in [0.15, 0.2) is 0 Å². The number of ether oxygens (including phenoxy) is 2. The van der Waals surface area contributed by atoms with E-state index in [9.17, 15) is 4.79 Å². The second kappa shape index (κ2) is 5.60. The van der Waals surface area contributed by atoms with Gasteiger partial charge in [-0.15, -0.1) is 0 Å². The summed E-state index contributed by atoms with van der Waals surface area (Å²) >= 11 is 0. The van der Waals surface area contributed by atoms with E-state index in [0.29, 0.717) is 0 Å². The Hall–Kier alpha value is -0.570. The first-order valence-corrected chi connectivity index (χ1v) is 6.77. The van der Waals surface area contributed by atoms with Crippen LogP contribution in [0.15, 0.2) is 0 Å². The van der Waals surface area contributed by atoms with Crippen LogP contribution in [0.3, 0.4) is 0 Å². The van der Waals surface area contributed by atoms with E-state index in [0.717, 1.165) is 6.42 Å². The molecule has 0 aromatic heterocycles. The van der Waals surface area contributed by atoms with Gasteiger partial charge in [-0.3, -0.25) is 4.79 Å². The van der Waals surface area contributed by atoms with Crippen molar-refractivity contribution in [2.24, 2.45) is 5.41 Å². The van der Waals surface area contributed by atoms with Crippen LogP contribution in [0.5, 0.6) is 0 Å². The third-order valence-corrected chi connectivity index (χ3v) is 3.76. The topological polar surface area (TPSA) is 35.5 Å². The molecule has 0 spiro atoms. The Bertz CT molecular complexity index is 288. The lowest BCUT2D eigenvalue weighted by Gasteiger charge is -2.43. The summed E-state index contributed by atoms with van der Waals surface area (Å²) < 4.78 is 11.6. The van der Waals surface area contributed by atoms with E-state index < -0.39 is 16.6 Å². The maximum Gasteiger partial charge on any atom is 0.312 e. The van der Waals surface area contributed by atoms with E-state index >= 15 is 0 Å². The largest absolute Gasteiger partial charge is 0.456 e. The van der Waals surface area contributed by atoms with E-state index in [1.54, 1.807) is 0 Å². The monoisotopic (exact) mass is 258 g/mol. The lowest BCUT2D eigenvalue weighted by molar-refractivity contribution is -0.207. The van der Waals surface area contributed by atoms with Crippen molar-refractivity contribution in [3.05, 3.63) is 0 Å². The molecule has 0 aromatic carbocycles. The molecule has 18 heavy (non-hydrogen) atoms. The average molecular weight is 258 g/mol. The third kappa shape index (κ3) is 4.27. The molecule has 0 atom stereocenters. The van der Waals surface area contributed by atoms with Crippen molar-refractivity contribution in [3.8, 4) is 0 Å². The zero-order valence-corrected chi connectivity index (χ0v) is 13.5.